The summed E-state index contributed by atoms with van der Waals surface area (Å²) < 4.78 is 0. The first-order valence-corrected chi connectivity index (χ1v) is 6.12. The maximum atomic E-state index is 9.50. The van der Waals surface area contributed by atoms with Crippen LogP contribution in [-0.4, -0.2) is 18.3 Å². The van der Waals surface area contributed by atoms with E-state index in [-0.39, 0.29) is 12.6 Å². The van der Waals surface area contributed by atoms with Crippen LogP contribution in [0.5, 0.6) is 0 Å². The highest BCUT2D eigenvalue weighted by Crippen LogP contribution is 2.29. The second kappa shape index (κ2) is 4.98. The van der Waals surface area contributed by atoms with Crippen LogP contribution in [-0.2, 0) is 0 Å². The lowest BCUT2D eigenvalue weighted by atomic mass is 9.96. The average molecular weight is 219 g/mol. The lowest BCUT2D eigenvalue weighted by molar-refractivity contribution is 0.242. The smallest absolute Gasteiger partial charge is 0.0626 e. The summed E-state index contributed by atoms with van der Waals surface area (Å²) >= 11 is 0. The van der Waals surface area contributed by atoms with Crippen LogP contribution in [0.15, 0.2) is 18.2 Å². The third kappa shape index (κ3) is 2.63. The Hall–Kier alpha value is -0.860. The van der Waals surface area contributed by atoms with E-state index in [0.717, 1.165) is 12.5 Å². The fourth-order valence-corrected chi connectivity index (χ4v) is 2.27. The maximum absolute atomic E-state index is 9.50. The van der Waals surface area contributed by atoms with Gasteiger partial charge in [0.05, 0.1) is 12.6 Å². The van der Waals surface area contributed by atoms with Crippen molar-refractivity contribution in [3.63, 3.8) is 0 Å². The molecule has 2 nitrogen and oxygen atoms in total. The van der Waals surface area contributed by atoms with Gasteiger partial charge in [0.15, 0.2) is 0 Å². The Morgan fingerprint density at radius 2 is 1.94 bits per heavy atom. The van der Waals surface area contributed by atoms with Gasteiger partial charge in [-0.3, -0.25) is 0 Å². The molecule has 0 radical (unpaired) electrons. The van der Waals surface area contributed by atoms with Crippen LogP contribution < -0.4 is 5.32 Å². The van der Waals surface area contributed by atoms with Crippen molar-refractivity contribution in [1.29, 1.82) is 0 Å². The monoisotopic (exact) mass is 219 g/mol. The largest absolute Gasteiger partial charge is 0.394 e. The van der Waals surface area contributed by atoms with E-state index in [2.05, 4.69) is 37.4 Å². The van der Waals surface area contributed by atoms with Gasteiger partial charge >= 0.3 is 0 Å². The van der Waals surface area contributed by atoms with E-state index in [0.29, 0.717) is 0 Å². The van der Waals surface area contributed by atoms with Crippen LogP contribution in [0, 0.1) is 19.8 Å². The minimum Gasteiger partial charge on any atom is -0.394 e. The topological polar surface area (TPSA) is 32.3 Å². The van der Waals surface area contributed by atoms with Crippen molar-refractivity contribution in [3.05, 3.63) is 34.9 Å². The average Bonchev–Trinajstić information content (AvgIpc) is 3.06. The summed E-state index contributed by atoms with van der Waals surface area (Å²) in [6, 6.07) is 6.40. The second-order valence-corrected chi connectivity index (χ2v) is 4.89. The molecule has 16 heavy (non-hydrogen) atoms. The number of aliphatic hydroxyl groups is 1. The lowest BCUT2D eigenvalue weighted by Gasteiger charge is -2.21. The van der Waals surface area contributed by atoms with Crippen molar-refractivity contribution in [2.45, 2.75) is 32.7 Å². The summed E-state index contributed by atoms with van der Waals surface area (Å²) in [7, 11) is 0. The predicted octanol–water partition coefficient (Wildman–Crippen LogP) is 2.34. The van der Waals surface area contributed by atoms with Gasteiger partial charge in [-0.25, -0.2) is 0 Å². The number of rotatable bonds is 5. The van der Waals surface area contributed by atoms with Crippen LogP contribution in [0.3, 0.4) is 0 Å². The number of aliphatic hydroxyl groups excluding tert-OH is 1. The molecule has 0 aliphatic heterocycles. The molecule has 1 fully saturated rings. The second-order valence-electron chi connectivity index (χ2n) is 4.89. The first kappa shape index (κ1) is 11.6. The quantitative estimate of drug-likeness (QED) is 0.796. The Balaban J connectivity index is 2.11. The Morgan fingerprint density at radius 3 is 2.44 bits per heavy atom. The molecule has 2 heteroatoms. The van der Waals surface area contributed by atoms with Gasteiger partial charge in [-0.15, -0.1) is 0 Å². The highest BCUT2D eigenvalue weighted by atomic mass is 16.3. The minimum atomic E-state index is 0.0989. The third-order valence-electron chi connectivity index (χ3n) is 3.42. The molecule has 0 bridgehead atoms. The maximum Gasteiger partial charge on any atom is 0.0626 e. The van der Waals surface area contributed by atoms with Crippen LogP contribution >= 0.6 is 0 Å². The molecule has 0 amide bonds. The van der Waals surface area contributed by atoms with E-state index in [1.807, 2.05) is 0 Å². The van der Waals surface area contributed by atoms with Crippen molar-refractivity contribution in [3.8, 4) is 0 Å². The summed E-state index contributed by atoms with van der Waals surface area (Å²) in [5.41, 5.74) is 3.80. The Kier molecular flexibility index (Phi) is 3.62. The zero-order valence-corrected chi connectivity index (χ0v) is 10.2. The lowest BCUT2D eigenvalue weighted by Crippen LogP contribution is -2.27. The molecule has 0 spiro atoms. The van der Waals surface area contributed by atoms with Gasteiger partial charge in [-0.05, 0) is 55.8 Å². The first-order chi connectivity index (χ1) is 7.72. The fraction of sp³-hybridized carbons (Fsp3) is 0.571. The number of aryl methyl sites for hydroxylation is 2. The summed E-state index contributed by atoms with van der Waals surface area (Å²) in [4.78, 5) is 0. The third-order valence-corrected chi connectivity index (χ3v) is 3.42. The molecule has 1 atom stereocenters. The highest BCUT2D eigenvalue weighted by Gasteiger charge is 2.23. The molecule has 88 valence electrons. The first-order valence-electron chi connectivity index (χ1n) is 6.12. The standard InChI is InChI=1S/C14H21NO/c1-10-4-3-5-11(2)14(10)13(9-16)15-8-12-6-7-12/h3-5,12-13,15-16H,6-9H2,1-2H3. The SMILES string of the molecule is Cc1cccc(C)c1C(CO)NCC1CC1. The van der Waals surface area contributed by atoms with E-state index in [1.54, 1.807) is 0 Å². The number of nitrogens with one attached hydrogen (secondary N) is 1. The molecule has 1 aromatic carbocycles. The van der Waals surface area contributed by atoms with E-state index < -0.39 is 0 Å². The van der Waals surface area contributed by atoms with Gasteiger partial charge in [-0.2, -0.15) is 0 Å². The molecular weight excluding hydrogens is 198 g/mol. The van der Waals surface area contributed by atoms with Gasteiger partial charge < -0.3 is 10.4 Å². The molecule has 0 heterocycles. The Morgan fingerprint density at radius 1 is 1.31 bits per heavy atom. The summed E-state index contributed by atoms with van der Waals surface area (Å²) in [6.45, 7) is 5.45. The van der Waals surface area contributed by atoms with E-state index in [9.17, 15) is 5.11 Å². The molecule has 1 aliphatic carbocycles. The Bertz CT molecular complexity index is 338. The molecule has 2 rings (SSSR count). The summed E-state index contributed by atoms with van der Waals surface area (Å²) in [5.74, 6) is 0.846. The van der Waals surface area contributed by atoms with Crippen LogP contribution in [0.1, 0.15) is 35.6 Å². The molecular formula is C14H21NO. The molecule has 2 N–H and O–H groups in total. The molecule has 1 unspecified atom stereocenters. The summed E-state index contributed by atoms with van der Waals surface area (Å²) in [5, 5.41) is 13.0. The van der Waals surface area contributed by atoms with Crippen molar-refractivity contribution in [2.24, 2.45) is 5.92 Å². The van der Waals surface area contributed by atoms with Gasteiger partial charge in [0.2, 0.25) is 0 Å². The Labute approximate surface area is 97.7 Å². The predicted molar refractivity (Wildman–Crippen MR) is 66.5 cm³/mol. The molecule has 1 saturated carbocycles. The van der Waals surface area contributed by atoms with Gasteiger partial charge in [0, 0.05) is 0 Å². The molecule has 0 aromatic heterocycles. The zero-order valence-electron chi connectivity index (χ0n) is 10.2. The number of hydrogen-bond donors (Lipinski definition) is 2. The highest BCUT2D eigenvalue weighted by molar-refractivity contribution is 5.36. The number of hydrogen-bond acceptors (Lipinski definition) is 2. The molecule has 1 aliphatic rings. The van der Waals surface area contributed by atoms with E-state index in [1.165, 1.54) is 29.5 Å². The van der Waals surface area contributed by atoms with Crippen molar-refractivity contribution < 1.29 is 5.11 Å². The van der Waals surface area contributed by atoms with Crippen molar-refractivity contribution >= 4 is 0 Å². The van der Waals surface area contributed by atoms with Gasteiger partial charge in [0.1, 0.15) is 0 Å². The van der Waals surface area contributed by atoms with E-state index >= 15 is 0 Å². The zero-order chi connectivity index (χ0) is 11.5. The van der Waals surface area contributed by atoms with Crippen molar-refractivity contribution in [2.75, 3.05) is 13.2 Å². The van der Waals surface area contributed by atoms with Gasteiger partial charge in [-0.1, -0.05) is 18.2 Å². The normalized spacial score (nSPS) is 17.4. The van der Waals surface area contributed by atoms with Crippen LogP contribution in [0.2, 0.25) is 0 Å². The summed E-state index contributed by atoms with van der Waals surface area (Å²) in [6.07, 6.45) is 2.69. The van der Waals surface area contributed by atoms with Crippen molar-refractivity contribution in [1.82, 2.24) is 5.32 Å². The number of benzene rings is 1. The van der Waals surface area contributed by atoms with Crippen LogP contribution in [0.4, 0.5) is 0 Å². The molecule has 0 saturated heterocycles. The minimum absolute atomic E-state index is 0.0989. The van der Waals surface area contributed by atoms with Gasteiger partial charge in [0.25, 0.3) is 0 Å². The molecule has 1 aromatic rings. The van der Waals surface area contributed by atoms with Crippen LogP contribution in [0.25, 0.3) is 0 Å². The van der Waals surface area contributed by atoms with E-state index in [4.69, 9.17) is 0 Å². The fourth-order valence-electron chi connectivity index (χ4n) is 2.27.